The standard InChI is InChI=1S/C11H22O2/c1-11(2,3)6-4-5-9-7-13-8-10(9)12/h9-10,12H,4-8H2,1-3H3. The maximum Gasteiger partial charge on any atom is 0.0823 e. The zero-order chi connectivity index (χ0) is 9.90. The van der Waals surface area contributed by atoms with Gasteiger partial charge in [0.15, 0.2) is 0 Å². The largest absolute Gasteiger partial charge is 0.390 e. The SMILES string of the molecule is CC(C)(C)CCCC1COCC1O. The topological polar surface area (TPSA) is 29.5 Å². The van der Waals surface area contributed by atoms with Crippen LogP contribution in [0.15, 0.2) is 0 Å². The molecule has 0 aromatic rings. The van der Waals surface area contributed by atoms with Gasteiger partial charge in [0.05, 0.1) is 19.3 Å². The number of rotatable bonds is 3. The van der Waals surface area contributed by atoms with Crippen molar-refractivity contribution in [3.05, 3.63) is 0 Å². The van der Waals surface area contributed by atoms with Crippen molar-refractivity contribution in [3.63, 3.8) is 0 Å². The smallest absolute Gasteiger partial charge is 0.0823 e. The Hall–Kier alpha value is -0.0800. The predicted octanol–water partition coefficient (Wildman–Crippen LogP) is 2.21. The molecule has 1 aliphatic rings. The van der Waals surface area contributed by atoms with Gasteiger partial charge in [-0.15, -0.1) is 0 Å². The summed E-state index contributed by atoms with van der Waals surface area (Å²) < 4.78 is 5.20. The summed E-state index contributed by atoms with van der Waals surface area (Å²) in [5.41, 5.74) is 0.421. The van der Waals surface area contributed by atoms with Crippen LogP contribution >= 0.6 is 0 Å². The molecule has 1 heterocycles. The third-order valence-corrected chi connectivity index (χ3v) is 2.67. The summed E-state index contributed by atoms with van der Waals surface area (Å²) in [5, 5.41) is 9.49. The Bertz CT molecular complexity index is 149. The third kappa shape index (κ3) is 4.10. The minimum absolute atomic E-state index is 0.208. The van der Waals surface area contributed by atoms with E-state index in [-0.39, 0.29) is 6.10 Å². The molecule has 0 bridgehead atoms. The molecule has 0 amide bonds. The van der Waals surface area contributed by atoms with E-state index in [9.17, 15) is 5.11 Å². The van der Waals surface area contributed by atoms with Gasteiger partial charge in [0.1, 0.15) is 0 Å². The molecule has 0 aromatic carbocycles. The van der Waals surface area contributed by atoms with Crippen molar-refractivity contribution in [2.75, 3.05) is 13.2 Å². The average Bonchev–Trinajstić information content (AvgIpc) is 2.34. The molecule has 13 heavy (non-hydrogen) atoms. The van der Waals surface area contributed by atoms with Crippen molar-refractivity contribution in [2.45, 2.75) is 46.1 Å². The van der Waals surface area contributed by atoms with Crippen LogP contribution in [0.4, 0.5) is 0 Å². The van der Waals surface area contributed by atoms with Gasteiger partial charge in [-0.2, -0.15) is 0 Å². The predicted molar refractivity (Wildman–Crippen MR) is 53.6 cm³/mol. The highest BCUT2D eigenvalue weighted by Gasteiger charge is 2.25. The second kappa shape index (κ2) is 4.43. The molecule has 2 atom stereocenters. The minimum atomic E-state index is -0.208. The number of aliphatic hydroxyl groups excluding tert-OH is 1. The molecule has 0 aliphatic carbocycles. The maximum atomic E-state index is 9.49. The molecule has 0 radical (unpaired) electrons. The van der Waals surface area contributed by atoms with Gasteiger partial charge in [0.25, 0.3) is 0 Å². The first kappa shape index (κ1) is 11.0. The summed E-state index contributed by atoms with van der Waals surface area (Å²) in [6.07, 6.45) is 3.34. The van der Waals surface area contributed by atoms with Crippen LogP contribution in [-0.2, 0) is 4.74 Å². The first-order valence-electron chi connectivity index (χ1n) is 5.25. The molecule has 0 saturated carbocycles. The Morgan fingerprint density at radius 2 is 2.00 bits per heavy atom. The normalized spacial score (nSPS) is 29.5. The van der Waals surface area contributed by atoms with E-state index in [0.29, 0.717) is 17.9 Å². The van der Waals surface area contributed by atoms with E-state index < -0.39 is 0 Å². The minimum Gasteiger partial charge on any atom is -0.390 e. The van der Waals surface area contributed by atoms with Crippen molar-refractivity contribution < 1.29 is 9.84 Å². The van der Waals surface area contributed by atoms with Crippen LogP contribution in [0.2, 0.25) is 0 Å². The van der Waals surface area contributed by atoms with Crippen LogP contribution in [0.1, 0.15) is 40.0 Å². The fraction of sp³-hybridized carbons (Fsp3) is 1.00. The van der Waals surface area contributed by atoms with Gasteiger partial charge in [-0.25, -0.2) is 0 Å². The van der Waals surface area contributed by atoms with Crippen LogP contribution < -0.4 is 0 Å². The van der Waals surface area contributed by atoms with Gasteiger partial charge >= 0.3 is 0 Å². The van der Waals surface area contributed by atoms with Crippen molar-refractivity contribution >= 4 is 0 Å². The summed E-state index contributed by atoms with van der Waals surface area (Å²) in [6.45, 7) is 8.07. The molecule has 2 nitrogen and oxygen atoms in total. The van der Waals surface area contributed by atoms with Crippen molar-refractivity contribution in [3.8, 4) is 0 Å². The molecular weight excluding hydrogens is 164 g/mol. The second-order valence-corrected chi connectivity index (χ2v) is 5.32. The van der Waals surface area contributed by atoms with Crippen molar-refractivity contribution in [2.24, 2.45) is 11.3 Å². The van der Waals surface area contributed by atoms with Gasteiger partial charge < -0.3 is 9.84 Å². The molecule has 0 spiro atoms. The first-order chi connectivity index (χ1) is 5.99. The lowest BCUT2D eigenvalue weighted by Crippen LogP contribution is -2.18. The van der Waals surface area contributed by atoms with Crippen molar-refractivity contribution in [1.29, 1.82) is 0 Å². The summed E-state index contributed by atoms with van der Waals surface area (Å²) in [4.78, 5) is 0. The van der Waals surface area contributed by atoms with E-state index >= 15 is 0 Å². The lowest BCUT2D eigenvalue weighted by molar-refractivity contribution is 0.116. The highest BCUT2D eigenvalue weighted by atomic mass is 16.5. The molecule has 2 heteroatoms. The van der Waals surface area contributed by atoms with E-state index in [0.717, 1.165) is 13.0 Å². The van der Waals surface area contributed by atoms with E-state index in [1.54, 1.807) is 0 Å². The highest BCUT2D eigenvalue weighted by Crippen LogP contribution is 2.26. The van der Waals surface area contributed by atoms with Crippen LogP contribution in [0, 0.1) is 11.3 Å². The summed E-state index contributed by atoms with van der Waals surface area (Å²) >= 11 is 0. The highest BCUT2D eigenvalue weighted by molar-refractivity contribution is 4.74. The van der Waals surface area contributed by atoms with E-state index in [1.807, 2.05) is 0 Å². The Morgan fingerprint density at radius 3 is 2.46 bits per heavy atom. The van der Waals surface area contributed by atoms with Crippen molar-refractivity contribution in [1.82, 2.24) is 0 Å². The van der Waals surface area contributed by atoms with Crippen LogP contribution in [0.25, 0.3) is 0 Å². The van der Waals surface area contributed by atoms with Gasteiger partial charge in [-0.05, 0) is 18.3 Å². The monoisotopic (exact) mass is 186 g/mol. The Balaban J connectivity index is 2.12. The number of ether oxygens (including phenoxy) is 1. The maximum absolute atomic E-state index is 9.49. The number of hydrogen-bond donors (Lipinski definition) is 1. The molecule has 2 unspecified atom stereocenters. The summed E-state index contributed by atoms with van der Waals surface area (Å²) in [7, 11) is 0. The van der Waals surface area contributed by atoms with E-state index in [4.69, 9.17) is 4.74 Å². The summed E-state index contributed by atoms with van der Waals surface area (Å²) in [5.74, 6) is 0.391. The van der Waals surface area contributed by atoms with E-state index in [2.05, 4.69) is 20.8 Å². The van der Waals surface area contributed by atoms with Crippen LogP contribution in [0.5, 0.6) is 0 Å². The first-order valence-corrected chi connectivity index (χ1v) is 5.25. The molecule has 78 valence electrons. The molecule has 1 aliphatic heterocycles. The Labute approximate surface area is 81.3 Å². The molecule has 1 saturated heterocycles. The van der Waals surface area contributed by atoms with Crippen LogP contribution in [0.3, 0.4) is 0 Å². The number of hydrogen-bond acceptors (Lipinski definition) is 2. The third-order valence-electron chi connectivity index (χ3n) is 2.67. The Kier molecular flexibility index (Phi) is 3.74. The van der Waals surface area contributed by atoms with E-state index in [1.165, 1.54) is 12.8 Å². The average molecular weight is 186 g/mol. The molecular formula is C11H22O2. The zero-order valence-corrected chi connectivity index (χ0v) is 9.05. The molecule has 1 fully saturated rings. The van der Waals surface area contributed by atoms with Gasteiger partial charge in [0, 0.05) is 5.92 Å². The van der Waals surface area contributed by atoms with Gasteiger partial charge in [0.2, 0.25) is 0 Å². The van der Waals surface area contributed by atoms with Crippen LogP contribution in [-0.4, -0.2) is 24.4 Å². The fourth-order valence-corrected chi connectivity index (χ4v) is 1.76. The lowest BCUT2D eigenvalue weighted by atomic mass is 9.87. The zero-order valence-electron chi connectivity index (χ0n) is 9.05. The number of aliphatic hydroxyl groups is 1. The summed E-state index contributed by atoms with van der Waals surface area (Å²) in [6, 6.07) is 0. The van der Waals surface area contributed by atoms with Gasteiger partial charge in [-0.1, -0.05) is 27.2 Å². The second-order valence-electron chi connectivity index (χ2n) is 5.32. The van der Waals surface area contributed by atoms with Gasteiger partial charge in [-0.3, -0.25) is 0 Å². The Morgan fingerprint density at radius 1 is 1.31 bits per heavy atom. The molecule has 1 N–H and O–H groups in total. The lowest BCUT2D eigenvalue weighted by Gasteiger charge is -2.19. The molecule has 0 aromatic heterocycles. The fourth-order valence-electron chi connectivity index (χ4n) is 1.76. The quantitative estimate of drug-likeness (QED) is 0.732. The molecule has 1 rings (SSSR count).